The normalized spacial score (nSPS) is 21.1. The number of ether oxygens (including phenoxy) is 1. The molecule has 1 fully saturated rings. The predicted molar refractivity (Wildman–Crippen MR) is 104 cm³/mol. The Bertz CT molecular complexity index is 929. The maximum Gasteiger partial charge on any atom is 0.239 e. The number of benzene rings is 2. The van der Waals surface area contributed by atoms with Crippen molar-refractivity contribution < 1.29 is 14.3 Å². The molecule has 0 radical (unpaired) electrons. The number of anilines is 1. The summed E-state index contributed by atoms with van der Waals surface area (Å²) in [6, 6.07) is 13.2. The maximum absolute atomic E-state index is 13.0. The smallest absolute Gasteiger partial charge is 0.239 e. The maximum atomic E-state index is 13.0. The van der Waals surface area contributed by atoms with Gasteiger partial charge in [-0.15, -0.1) is 0 Å². The van der Waals surface area contributed by atoms with E-state index in [1.54, 1.807) is 36.1 Å². The number of para-hydroxylation sites is 1. The van der Waals surface area contributed by atoms with Crippen molar-refractivity contribution in [2.45, 2.75) is 18.3 Å². The van der Waals surface area contributed by atoms with Gasteiger partial charge < -0.3 is 14.5 Å². The zero-order chi connectivity index (χ0) is 19.2. The molecule has 4 rings (SSSR count). The third kappa shape index (κ3) is 2.77. The van der Waals surface area contributed by atoms with E-state index in [4.69, 9.17) is 16.3 Å². The number of rotatable bonds is 3. The second-order valence-corrected chi connectivity index (χ2v) is 7.57. The Morgan fingerprint density at radius 3 is 2.78 bits per heavy atom. The van der Waals surface area contributed by atoms with Crippen molar-refractivity contribution in [3.05, 3.63) is 58.6 Å². The Balaban J connectivity index is 1.55. The number of fused-ring (bicyclic) bond motifs is 2. The molecule has 140 valence electrons. The zero-order valence-electron chi connectivity index (χ0n) is 15.4. The van der Waals surface area contributed by atoms with Crippen LogP contribution in [0.2, 0.25) is 5.02 Å². The Kier molecular flexibility index (Phi) is 4.35. The van der Waals surface area contributed by atoms with Gasteiger partial charge in [0, 0.05) is 30.8 Å². The van der Waals surface area contributed by atoms with Crippen molar-refractivity contribution >= 4 is 29.1 Å². The van der Waals surface area contributed by atoms with Gasteiger partial charge in [-0.25, -0.2) is 0 Å². The van der Waals surface area contributed by atoms with Gasteiger partial charge in [-0.1, -0.05) is 35.9 Å². The van der Waals surface area contributed by atoms with Gasteiger partial charge in [0.2, 0.25) is 11.8 Å². The van der Waals surface area contributed by atoms with Crippen LogP contribution in [0.4, 0.5) is 5.69 Å². The molecule has 0 aliphatic carbocycles. The molecule has 2 heterocycles. The van der Waals surface area contributed by atoms with Gasteiger partial charge in [0.05, 0.1) is 18.9 Å². The summed E-state index contributed by atoms with van der Waals surface area (Å²) < 4.78 is 5.15. The fourth-order valence-electron chi connectivity index (χ4n) is 4.21. The van der Waals surface area contributed by atoms with Gasteiger partial charge in [0.25, 0.3) is 0 Å². The second kappa shape index (κ2) is 6.57. The lowest BCUT2D eigenvalue weighted by Crippen LogP contribution is -2.42. The fraction of sp³-hybridized carbons (Fsp3) is 0.333. The minimum absolute atomic E-state index is 0.0150. The summed E-state index contributed by atoms with van der Waals surface area (Å²) in [6.45, 7) is 0.986. The van der Waals surface area contributed by atoms with Crippen LogP contribution in [0.15, 0.2) is 42.5 Å². The molecular formula is C21H21ClN2O3. The SMILES string of the molecule is COc1ccc(CC(=O)N2CC[C@@]3(C2)C(=O)N(C)c2ccccc23)c(Cl)c1. The van der Waals surface area contributed by atoms with Crippen LogP contribution in [0.3, 0.4) is 0 Å². The lowest BCUT2D eigenvalue weighted by atomic mass is 9.81. The summed E-state index contributed by atoms with van der Waals surface area (Å²) in [5.41, 5.74) is 2.11. The van der Waals surface area contributed by atoms with Gasteiger partial charge in [0.1, 0.15) is 5.75 Å². The number of hydrogen-bond donors (Lipinski definition) is 0. The predicted octanol–water partition coefficient (Wildman–Crippen LogP) is 3.04. The summed E-state index contributed by atoms with van der Waals surface area (Å²) in [7, 11) is 3.38. The topological polar surface area (TPSA) is 49.9 Å². The molecular weight excluding hydrogens is 364 g/mol. The average Bonchev–Trinajstić information content (AvgIpc) is 3.22. The molecule has 2 aromatic rings. The van der Waals surface area contributed by atoms with Gasteiger partial charge in [-0.3, -0.25) is 9.59 Å². The van der Waals surface area contributed by atoms with Crippen LogP contribution in [0.1, 0.15) is 17.5 Å². The van der Waals surface area contributed by atoms with Crippen LogP contribution in [0.25, 0.3) is 0 Å². The second-order valence-electron chi connectivity index (χ2n) is 7.16. The molecule has 0 N–H and O–H groups in total. The Morgan fingerprint density at radius 1 is 1.26 bits per heavy atom. The Labute approximate surface area is 163 Å². The number of nitrogens with zero attached hydrogens (tertiary/aromatic N) is 2. The molecule has 2 amide bonds. The molecule has 0 unspecified atom stereocenters. The minimum Gasteiger partial charge on any atom is -0.497 e. The van der Waals surface area contributed by atoms with Crippen LogP contribution in [0, 0.1) is 0 Å². The highest BCUT2D eigenvalue weighted by Crippen LogP contribution is 2.46. The van der Waals surface area contributed by atoms with Crippen molar-refractivity contribution in [2.24, 2.45) is 0 Å². The first-order chi connectivity index (χ1) is 13.0. The summed E-state index contributed by atoms with van der Waals surface area (Å²) in [6.07, 6.45) is 0.861. The highest BCUT2D eigenvalue weighted by molar-refractivity contribution is 6.31. The van der Waals surface area contributed by atoms with Crippen LogP contribution < -0.4 is 9.64 Å². The third-order valence-electron chi connectivity index (χ3n) is 5.72. The van der Waals surface area contributed by atoms with E-state index in [0.717, 1.165) is 16.8 Å². The van der Waals surface area contributed by atoms with E-state index in [1.807, 2.05) is 30.3 Å². The molecule has 1 atom stereocenters. The quantitative estimate of drug-likeness (QED) is 0.817. The van der Waals surface area contributed by atoms with Crippen LogP contribution >= 0.6 is 11.6 Å². The van der Waals surface area contributed by atoms with E-state index in [9.17, 15) is 9.59 Å². The highest BCUT2D eigenvalue weighted by Gasteiger charge is 2.54. The first-order valence-corrected chi connectivity index (χ1v) is 9.32. The van der Waals surface area contributed by atoms with E-state index in [1.165, 1.54) is 0 Å². The third-order valence-corrected chi connectivity index (χ3v) is 6.07. The summed E-state index contributed by atoms with van der Waals surface area (Å²) in [4.78, 5) is 29.4. The standard InChI is InChI=1S/C21H21ClN2O3/c1-23-18-6-4-3-5-16(18)21(20(23)26)9-10-24(13-21)19(25)11-14-7-8-15(27-2)12-17(14)22/h3-8,12H,9-11,13H2,1-2H3/t21-/m0/s1. The molecule has 0 saturated carbocycles. The number of carbonyl (C=O) groups is 2. The summed E-state index contributed by atoms with van der Waals surface area (Å²) in [5.74, 6) is 0.716. The Morgan fingerprint density at radius 2 is 2.04 bits per heavy atom. The molecule has 0 bridgehead atoms. The number of amides is 2. The molecule has 1 spiro atoms. The lowest BCUT2D eigenvalue weighted by molar-refractivity contribution is -0.130. The largest absolute Gasteiger partial charge is 0.497 e. The molecule has 2 aliphatic heterocycles. The monoisotopic (exact) mass is 384 g/mol. The summed E-state index contributed by atoms with van der Waals surface area (Å²) in [5, 5.41) is 0.513. The number of likely N-dealkylation sites (tertiary alicyclic amines) is 1. The van der Waals surface area contributed by atoms with E-state index in [0.29, 0.717) is 30.3 Å². The minimum atomic E-state index is -0.620. The average molecular weight is 385 g/mol. The van der Waals surface area contributed by atoms with Crippen molar-refractivity contribution in [1.82, 2.24) is 4.90 Å². The molecule has 0 aromatic heterocycles. The molecule has 1 saturated heterocycles. The van der Waals surface area contributed by atoms with Crippen molar-refractivity contribution in [3.63, 3.8) is 0 Å². The number of hydrogen-bond acceptors (Lipinski definition) is 3. The lowest BCUT2D eigenvalue weighted by Gasteiger charge is -2.23. The molecule has 5 nitrogen and oxygen atoms in total. The van der Waals surface area contributed by atoms with Crippen LogP contribution in [-0.2, 0) is 21.4 Å². The number of methoxy groups -OCH3 is 1. The Hall–Kier alpha value is -2.53. The first-order valence-electron chi connectivity index (χ1n) is 8.94. The zero-order valence-corrected chi connectivity index (χ0v) is 16.1. The van der Waals surface area contributed by atoms with E-state index >= 15 is 0 Å². The van der Waals surface area contributed by atoms with Gasteiger partial charge in [-0.05, 0) is 35.7 Å². The molecule has 6 heteroatoms. The number of halogens is 1. The van der Waals surface area contributed by atoms with Crippen molar-refractivity contribution in [1.29, 1.82) is 0 Å². The van der Waals surface area contributed by atoms with Gasteiger partial charge in [0.15, 0.2) is 0 Å². The van der Waals surface area contributed by atoms with E-state index in [-0.39, 0.29) is 18.2 Å². The summed E-state index contributed by atoms with van der Waals surface area (Å²) >= 11 is 6.28. The highest BCUT2D eigenvalue weighted by atomic mass is 35.5. The first kappa shape index (κ1) is 17.9. The van der Waals surface area contributed by atoms with Gasteiger partial charge >= 0.3 is 0 Å². The molecule has 2 aliphatic rings. The number of carbonyl (C=O) groups excluding carboxylic acids is 2. The van der Waals surface area contributed by atoms with Crippen molar-refractivity contribution in [3.8, 4) is 5.75 Å². The van der Waals surface area contributed by atoms with E-state index < -0.39 is 5.41 Å². The number of likely N-dealkylation sites (N-methyl/N-ethyl adjacent to an activating group) is 1. The molecule has 2 aromatic carbocycles. The fourth-order valence-corrected chi connectivity index (χ4v) is 4.44. The van der Waals surface area contributed by atoms with E-state index in [2.05, 4.69) is 0 Å². The molecule has 27 heavy (non-hydrogen) atoms. The van der Waals surface area contributed by atoms with Crippen LogP contribution in [0.5, 0.6) is 5.75 Å². The van der Waals surface area contributed by atoms with Crippen molar-refractivity contribution in [2.75, 3.05) is 32.1 Å². The van der Waals surface area contributed by atoms with Gasteiger partial charge in [-0.2, -0.15) is 0 Å². The van der Waals surface area contributed by atoms with Crippen LogP contribution in [-0.4, -0.2) is 44.0 Å².